The Bertz CT molecular complexity index is 560. The molecule has 0 spiro atoms. The van der Waals surface area contributed by atoms with Crippen molar-refractivity contribution in [2.45, 2.75) is 31.5 Å². The van der Waals surface area contributed by atoms with E-state index in [9.17, 15) is 0 Å². The smallest absolute Gasteiger partial charge is 0.0737 e. The van der Waals surface area contributed by atoms with Gasteiger partial charge in [0.15, 0.2) is 0 Å². The number of halogens is 1. The molecule has 3 rings (SSSR count). The van der Waals surface area contributed by atoms with Gasteiger partial charge in [0, 0.05) is 16.4 Å². The van der Waals surface area contributed by atoms with Crippen LogP contribution in [0.3, 0.4) is 0 Å². The summed E-state index contributed by atoms with van der Waals surface area (Å²) in [5.74, 6) is 0. The van der Waals surface area contributed by atoms with Gasteiger partial charge in [0.2, 0.25) is 0 Å². The van der Waals surface area contributed by atoms with Crippen LogP contribution in [0.15, 0.2) is 18.2 Å². The molecule has 0 amide bonds. The van der Waals surface area contributed by atoms with Crippen molar-refractivity contribution in [2.24, 2.45) is 0 Å². The van der Waals surface area contributed by atoms with Gasteiger partial charge in [-0.25, -0.2) is 0 Å². The Balaban J connectivity index is 2.44. The minimum atomic E-state index is 0.942. The molecule has 16 heavy (non-hydrogen) atoms. The van der Waals surface area contributed by atoms with Crippen LogP contribution in [0.4, 0.5) is 0 Å². The Morgan fingerprint density at radius 3 is 3.00 bits per heavy atom. The first-order chi connectivity index (χ1) is 7.81. The quantitative estimate of drug-likeness (QED) is 0.719. The lowest BCUT2D eigenvalue weighted by Gasteiger charge is -2.11. The second-order valence-corrected chi connectivity index (χ2v) is 5.03. The Labute approximate surface area is 104 Å². The zero-order chi connectivity index (χ0) is 11.1. The predicted octanol–water partition coefficient (Wildman–Crippen LogP) is 3.93. The third-order valence-corrected chi connectivity index (χ3v) is 4.06. The van der Waals surface area contributed by atoms with Crippen molar-refractivity contribution in [1.82, 2.24) is 4.98 Å². The minimum absolute atomic E-state index is 0.942. The van der Waals surface area contributed by atoms with E-state index in [1.807, 2.05) is 0 Å². The summed E-state index contributed by atoms with van der Waals surface area (Å²) in [7, 11) is 0. The van der Waals surface area contributed by atoms with E-state index >= 15 is 0 Å². The summed E-state index contributed by atoms with van der Waals surface area (Å²) in [6.07, 6.45) is 3.62. The molecule has 0 N–H and O–H groups in total. The zero-order valence-electron chi connectivity index (χ0n) is 9.39. The lowest BCUT2D eigenvalue weighted by atomic mass is 10.0. The average Bonchev–Trinajstić information content (AvgIpc) is 2.75. The van der Waals surface area contributed by atoms with E-state index in [0.29, 0.717) is 0 Å². The van der Waals surface area contributed by atoms with Gasteiger partial charge in [-0.05, 0) is 42.9 Å². The van der Waals surface area contributed by atoms with Crippen molar-refractivity contribution in [3.8, 4) is 0 Å². The number of nitrogens with zero attached hydrogens (tertiary/aromatic N) is 1. The fourth-order valence-electron chi connectivity index (χ4n) is 2.68. The highest BCUT2D eigenvalue weighted by Gasteiger charge is 2.19. The van der Waals surface area contributed by atoms with Crippen molar-refractivity contribution >= 4 is 26.8 Å². The molecule has 0 unspecified atom stereocenters. The summed E-state index contributed by atoms with van der Waals surface area (Å²) < 4.78 is 0. The summed E-state index contributed by atoms with van der Waals surface area (Å²) in [5, 5.41) is 2.27. The Morgan fingerprint density at radius 1 is 1.31 bits per heavy atom. The van der Waals surface area contributed by atoms with E-state index < -0.39 is 0 Å². The maximum Gasteiger partial charge on any atom is 0.0737 e. The van der Waals surface area contributed by atoms with Crippen LogP contribution >= 0.6 is 15.9 Å². The number of aryl methyl sites for hydroxylation is 2. The topological polar surface area (TPSA) is 12.9 Å². The normalized spacial score (nSPS) is 14.4. The first kappa shape index (κ1) is 10.3. The van der Waals surface area contributed by atoms with Gasteiger partial charge in [-0.2, -0.15) is 0 Å². The first-order valence-electron chi connectivity index (χ1n) is 5.77. The molecular formula is C14H14BrN. The van der Waals surface area contributed by atoms with E-state index in [0.717, 1.165) is 11.8 Å². The van der Waals surface area contributed by atoms with Crippen molar-refractivity contribution in [2.75, 3.05) is 0 Å². The van der Waals surface area contributed by atoms with Crippen LogP contribution in [0.2, 0.25) is 0 Å². The van der Waals surface area contributed by atoms with Crippen LogP contribution in [0.5, 0.6) is 0 Å². The summed E-state index contributed by atoms with van der Waals surface area (Å²) in [6.45, 7) is 2.15. The molecule has 0 saturated heterocycles. The van der Waals surface area contributed by atoms with Crippen LogP contribution in [-0.2, 0) is 18.2 Å². The fraction of sp³-hybridized carbons (Fsp3) is 0.357. The maximum absolute atomic E-state index is 4.84. The molecule has 0 bridgehead atoms. The van der Waals surface area contributed by atoms with Crippen molar-refractivity contribution in [3.63, 3.8) is 0 Å². The highest BCUT2D eigenvalue weighted by molar-refractivity contribution is 9.08. The van der Waals surface area contributed by atoms with Gasteiger partial charge >= 0.3 is 0 Å². The third kappa shape index (κ3) is 1.40. The van der Waals surface area contributed by atoms with Crippen LogP contribution in [0.25, 0.3) is 10.9 Å². The molecule has 0 saturated carbocycles. The minimum Gasteiger partial charge on any atom is -0.252 e. The molecule has 1 nitrogen and oxygen atoms in total. The summed E-state index contributed by atoms with van der Waals surface area (Å²) in [6, 6.07) is 6.48. The van der Waals surface area contributed by atoms with Crippen molar-refractivity contribution < 1.29 is 0 Å². The van der Waals surface area contributed by atoms with Gasteiger partial charge in [-0.3, -0.25) is 4.98 Å². The van der Waals surface area contributed by atoms with E-state index in [-0.39, 0.29) is 0 Å². The number of fused-ring (bicyclic) bond motifs is 2. The molecule has 1 aliphatic rings. The van der Waals surface area contributed by atoms with Gasteiger partial charge in [-0.1, -0.05) is 34.1 Å². The number of para-hydroxylation sites is 1. The fourth-order valence-corrected chi connectivity index (χ4v) is 3.32. The number of alkyl halides is 1. The average molecular weight is 276 g/mol. The molecule has 0 radical (unpaired) electrons. The second-order valence-electron chi connectivity index (χ2n) is 4.47. The molecule has 0 atom stereocenters. The number of rotatable bonds is 1. The second kappa shape index (κ2) is 3.85. The van der Waals surface area contributed by atoms with Gasteiger partial charge in [0.25, 0.3) is 0 Å². The predicted molar refractivity (Wildman–Crippen MR) is 71.1 cm³/mol. The maximum atomic E-state index is 4.84. The number of pyridine rings is 1. The molecule has 1 aromatic carbocycles. The standard InChI is InChI=1S/C14H14BrN/c1-9-4-2-6-11-12(8-15)10-5-3-7-13(10)16-14(9)11/h2,4,6H,3,5,7-8H2,1H3. The number of aromatic nitrogens is 1. The van der Waals surface area contributed by atoms with Gasteiger partial charge in [0.1, 0.15) is 0 Å². The van der Waals surface area contributed by atoms with Gasteiger partial charge in [0.05, 0.1) is 5.52 Å². The lowest BCUT2D eigenvalue weighted by Crippen LogP contribution is -1.97. The third-order valence-electron chi connectivity index (χ3n) is 3.50. The zero-order valence-corrected chi connectivity index (χ0v) is 11.0. The van der Waals surface area contributed by atoms with Crippen LogP contribution in [-0.4, -0.2) is 4.98 Å². The number of benzene rings is 1. The molecule has 0 aliphatic heterocycles. The van der Waals surface area contributed by atoms with E-state index in [4.69, 9.17) is 4.98 Å². The van der Waals surface area contributed by atoms with Gasteiger partial charge < -0.3 is 0 Å². The molecule has 2 aromatic rings. The highest BCUT2D eigenvalue weighted by Crippen LogP contribution is 2.32. The molecule has 2 heteroatoms. The molecule has 1 aromatic heterocycles. The molecule has 0 fully saturated rings. The van der Waals surface area contributed by atoms with Crippen LogP contribution in [0.1, 0.15) is 28.8 Å². The van der Waals surface area contributed by atoms with Crippen molar-refractivity contribution in [1.29, 1.82) is 0 Å². The largest absolute Gasteiger partial charge is 0.252 e. The van der Waals surface area contributed by atoms with Gasteiger partial charge in [-0.15, -0.1) is 0 Å². The monoisotopic (exact) mass is 275 g/mol. The summed E-state index contributed by atoms with van der Waals surface area (Å²) >= 11 is 3.63. The molecular weight excluding hydrogens is 262 g/mol. The lowest BCUT2D eigenvalue weighted by molar-refractivity contribution is 0.899. The Morgan fingerprint density at radius 2 is 2.19 bits per heavy atom. The van der Waals surface area contributed by atoms with E-state index in [1.165, 1.54) is 46.1 Å². The first-order valence-corrected chi connectivity index (χ1v) is 6.89. The summed E-state index contributed by atoms with van der Waals surface area (Å²) in [4.78, 5) is 4.84. The molecule has 82 valence electrons. The Kier molecular flexibility index (Phi) is 2.47. The van der Waals surface area contributed by atoms with Crippen LogP contribution in [0, 0.1) is 6.92 Å². The Hall–Kier alpha value is -0.890. The number of hydrogen-bond donors (Lipinski definition) is 0. The van der Waals surface area contributed by atoms with Crippen molar-refractivity contribution in [3.05, 3.63) is 40.6 Å². The van der Waals surface area contributed by atoms with E-state index in [1.54, 1.807) is 0 Å². The molecule has 1 heterocycles. The number of hydrogen-bond acceptors (Lipinski definition) is 1. The van der Waals surface area contributed by atoms with Crippen LogP contribution < -0.4 is 0 Å². The SMILES string of the molecule is Cc1cccc2c(CBr)c3c(nc12)CCC3. The van der Waals surface area contributed by atoms with E-state index in [2.05, 4.69) is 41.1 Å². The summed E-state index contributed by atoms with van der Waals surface area (Å²) in [5.41, 5.74) is 6.76. The molecule has 1 aliphatic carbocycles. The highest BCUT2D eigenvalue weighted by atomic mass is 79.9.